The van der Waals surface area contributed by atoms with Crippen molar-refractivity contribution in [2.45, 2.75) is 20.5 Å². The van der Waals surface area contributed by atoms with Crippen molar-refractivity contribution >= 4 is 23.2 Å². The third-order valence-corrected chi connectivity index (χ3v) is 4.08. The quantitative estimate of drug-likeness (QED) is 0.724. The number of hydrogen-bond donors (Lipinski definition) is 2. The van der Waals surface area contributed by atoms with Gasteiger partial charge in [-0.1, -0.05) is 24.3 Å². The van der Waals surface area contributed by atoms with Gasteiger partial charge in [0.25, 0.3) is 0 Å². The van der Waals surface area contributed by atoms with E-state index in [1.54, 1.807) is 13.1 Å². The third-order valence-electron chi connectivity index (χ3n) is 4.08. The van der Waals surface area contributed by atoms with Crippen molar-refractivity contribution in [3.05, 3.63) is 53.6 Å². The third kappa shape index (κ3) is 6.31. The van der Waals surface area contributed by atoms with Crippen LogP contribution in [0, 0.1) is 13.8 Å². The van der Waals surface area contributed by atoms with E-state index in [4.69, 9.17) is 0 Å². The van der Waals surface area contributed by atoms with Crippen molar-refractivity contribution in [3.63, 3.8) is 0 Å². The van der Waals surface area contributed by atoms with Crippen LogP contribution in [0.15, 0.2) is 42.5 Å². The van der Waals surface area contributed by atoms with Crippen molar-refractivity contribution < 1.29 is 23.1 Å². The fourth-order valence-electron chi connectivity index (χ4n) is 2.58. The second-order valence-corrected chi connectivity index (χ2v) is 6.39. The average molecular weight is 391 g/mol. The van der Waals surface area contributed by atoms with E-state index in [9.17, 15) is 18.4 Å². The molecule has 0 saturated heterocycles. The molecule has 0 saturated carbocycles. The first kappa shape index (κ1) is 21.3. The number of nitrogens with one attached hydrogen (secondary N) is 2. The summed E-state index contributed by atoms with van der Waals surface area (Å²) in [5, 5.41) is 5.34. The van der Waals surface area contributed by atoms with Crippen molar-refractivity contribution in [2.75, 3.05) is 30.8 Å². The number of ether oxygens (including phenoxy) is 1. The molecule has 2 aromatic carbocycles. The zero-order valence-corrected chi connectivity index (χ0v) is 16.0. The Labute approximate surface area is 162 Å². The van der Waals surface area contributed by atoms with Crippen LogP contribution < -0.4 is 15.4 Å². The molecule has 2 aromatic rings. The number of alkyl halides is 2. The van der Waals surface area contributed by atoms with Gasteiger partial charge in [0.15, 0.2) is 0 Å². The minimum atomic E-state index is -2.99. The summed E-state index contributed by atoms with van der Waals surface area (Å²) in [6, 6.07) is 11.5. The van der Waals surface area contributed by atoms with Gasteiger partial charge in [0.05, 0.1) is 18.8 Å². The van der Waals surface area contributed by atoms with Crippen LogP contribution in [0.2, 0.25) is 0 Å². The van der Waals surface area contributed by atoms with Crippen LogP contribution in [0.25, 0.3) is 0 Å². The molecule has 0 spiro atoms. The lowest BCUT2D eigenvalue weighted by molar-refractivity contribution is -0.119. The highest BCUT2D eigenvalue weighted by Gasteiger charge is 2.15. The Morgan fingerprint density at radius 2 is 1.54 bits per heavy atom. The first-order valence-electron chi connectivity index (χ1n) is 8.64. The maximum atomic E-state index is 12.4. The van der Waals surface area contributed by atoms with E-state index in [2.05, 4.69) is 15.4 Å². The summed E-state index contributed by atoms with van der Waals surface area (Å²) < 4.78 is 29.2. The number of anilines is 2. The lowest BCUT2D eigenvalue weighted by Crippen LogP contribution is -2.36. The number of nitrogens with zero attached hydrogens (tertiary/aromatic N) is 1. The lowest BCUT2D eigenvalue weighted by atomic mass is 10.1. The Morgan fingerprint density at radius 3 is 2.18 bits per heavy atom. The van der Waals surface area contributed by atoms with Gasteiger partial charge >= 0.3 is 6.61 Å². The van der Waals surface area contributed by atoms with Gasteiger partial charge in [-0.15, -0.1) is 0 Å². The number of para-hydroxylation sites is 2. The molecule has 0 atom stereocenters. The fraction of sp³-hybridized carbons (Fsp3) is 0.300. The summed E-state index contributed by atoms with van der Waals surface area (Å²) >= 11 is 0. The molecule has 0 unspecified atom stereocenters. The summed E-state index contributed by atoms with van der Waals surface area (Å²) in [4.78, 5) is 25.9. The number of benzene rings is 2. The Bertz CT molecular complexity index is 843. The Morgan fingerprint density at radius 1 is 0.964 bits per heavy atom. The topological polar surface area (TPSA) is 70.7 Å². The molecule has 0 aromatic heterocycles. The standard InChI is InChI=1S/C20H23F2N3O3/c1-13-7-6-9-15(14(13)2)23-18(26)11-25(3)12-19(27)24-16-8-4-5-10-17(16)28-20(21)22/h4-10,20H,11-12H2,1-3H3,(H,23,26)(H,24,27). The van der Waals surface area contributed by atoms with Gasteiger partial charge in [0.2, 0.25) is 11.8 Å². The lowest BCUT2D eigenvalue weighted by Gasteiger charge is -2.18. The van der Waals surface area contributed by atoms with Gasteiger partial charge in [0.1, 0.15) is 5.75 Å². The maximum Gasteiger partial charge on any atom is 0.387 e. The summed E-state index contributed by atoms with van der Waals surface area (Å²) in [5.74, 6) is -0.834. The molecule has 150 valence electrons. The van der Waals surface area contributed by atoms with Gasteiger partial charge in [-0.2, -0.15) is 8.78 Å². The van der Waals surface area contributed by atoms with Crippen LogP contribution in [0.5, 0.6) is 5.75 Å². The summed E-state index contributed by atoms with van der Waals surface area (Å²) in [6.45, 7) is 0.784. The number of halogens is 2. The molecular formula is C20H23F2N3O3. The molecule has 0 heterocycles. The van der Waals surface area contributed by atoms with Crippen LogP contribution in [0.3, 0.4) is 0 Å². The Hall–Kier alpha value is -3.00. The molecular weight excluding hydrogens is 368 g/mol. The van der Waals surface area contributed by atoms with Crippen LogP contribution in [-0.4, -0.2) is 43.5 Å². The van der Waals surface area contributed by atoms with E-state index >= 15 is 0 Å². The van der Waals surface area contributed by atoms with Crippen molar-refractivity contribution in [1.82, 2.24) is 4.90 Å². The molecule has 2 rings (SSSR count). The summed E-state index contributed by atoms with van der Waals surface area (Å²) in [7, 11) is 1.61. The first-order chi connectivity index (χ1) is 13.3. The van der Waals surface area contributed by atoms with Gasteiger partial charge in [-0.05, 0) is 50.2 Å². The maximum absolute atomic E-state index is 12.4. The predicted molar refractivity (Wildman–Crippen MR) is 104 cm³/mol. The zero-order chi connectivity index (χ0) is 20.7. The first-order valence-corrected chi connectivity index (χ1v) is 8.64. The van der Waals surface area contributed by atoms with Crippen LogP contribution >= 0.6 is 0 Å². The highest BCUT2D eigenvalue weighted by Crippen LogP contribution is 2.25. The van der Waals surface area contributed by atoms with Gasteiger partial charge < -0.3 is 15.4 Å². The number of hydrogen-bond acceptors (Lipinski definition) is 4. The Kier molecular flexibility index (Phi) is 7.45. The number of rotatable bonds is 8. The van der Waals surface area contributed by atoms with E-state index in [1.165, 1.54) is 23.1 Å². The molecule has 28 heavy (non-hydrogen) atoms. The molecule has 2 N–H and O–H groups in total. The van der Waals surface area contributed by atoms with E-state index in [0.29, 0.717) is 0 Å². The number of amides is 2. The molecule has 6 nitrogen and oxygen atoms in total. The molecule has 0 fully saturated rings. The van der Waals surface area contributed by atoms with Crippen LogP contribution in [-0.2, 0) is 9.59 Å². The minimum absolute atomic E-state index is 0.00399. The normalized spacial score (nSPS) is 10.8. The number of carbonyl (C=O) groups excluding carboxylic acids is 2. The predicted octanol–water partition coefficient (Wildman–Crippen LogP) is 3.41. The fourth-order valence-corrected chi connectivity index (χ4v) is 2.58. The van der Waals surface area contributed by atoms with Crippen molar-refractivity contribution in [1.29, 1.82) is 0 Å². The van der Waals surface area contributed by atoms with Gasteiger partial charge in [0, 0.05) is 5.69 Å². The van der Waals surface area contributed by atoms with E-state index in [-0.39, 0.29) is 30.4 Å². The van der Waals surface area contributed by atoms with Crippen molar-refractivity contribution in [3.8, 4) is 5.75 Å². The second kappa shape index (κ2) is 9.80. The van der Waals surface area contributed by atoms with Gasteiger partial charge in [-0.25, -0.2) is 0 Å². The highest BCUT2D eigenvalue weighted by molar-refractivity contribution is 5.95. The second-order valence-electron chi connectivity index (χ2n) is 6.39. The SMILES string of the molecule is Cc1cccc(NC(=O)CN(C)CC(=O)Nc2ccccc2OC(F)F)c1C. The molecule has 0 radical (unpaired) electrons. The Balaban J connectivity index is 1.89. The summed E-state index contributed by atoms with van der Waals surface area (Å²) in [5.41, 5.74) is 2.91. The van der Waals surface area contributed by atoms with Crippen LogP contribution in [0.1, 0.15) is 11.1 Å². The molecule has 8 heteroatoms. The summed E-state index contributed by atoms with van der Waals surface area (Å²) in [6.07, 6.45) is 0. The highest BCUT2D eigenvalue weighted by atomic mass is 19.3. The largest absolute Gasteiger partial charge is 0.433 e. The molecule has 0 aliphatic carbocycles. The number of aryl methyl sites for hydroxylation is 1. The van der Waals surface area contributed by atoms with E-state index < -0.39 is 12.5 Å². The van der Waals surface area contributed by atoms with Crippen LogP contribution in [0.4, 0.5) is 20.2 Å². The zero-order valence-electron chi connectivity index (χ0n) is 16.0. The number of likely N-dealkylation sites (N-methyl/N-ethyl adjacent to an activating group) is 1. The molecule has 0 bridgehead atoms. The number of carbonyl (C=O) groups is 2. The smallest absolute Gasteiger partial charge is 0.387 e. The average Bonchev–Trinajstić information content (AvgIpc) is 2.60. The molecule has 0 aliphatic rings. The van der Waals surface area contributed by atoms with Crippen molar-refractivity contribution in [2.24, 2.45) is 0 Å². The molecule has 0 aliphatic heterocycles. The van der Waals surface area contributed by atoms with Gasteiger partial charge in [-0.3, -0.25) is 14.5 Å². The molecule has 2 amide bonds. The van der Waals surface area contributed by atoms with E-state index in [0.717, 1.165) is 16.8 Å². The minimum Gasteiger partial charge on any atom is -0.433 e. The van der Waals surface area contributed by atoms with E-state index in [1.807, 2.05) is 32.0 Å². The monoisotopic (exact) mass is 391 g/mol.